The van der Waals surface area contributed by atoms with Gasteiger partial charge in [-0.25, -0.2) is 0 Å². The van der Waals surface area contributed by atoms with E-state index in [9.17, 15) is 19.6 Å². The number of ether oxygens (including phenoxy) is 1. The van der Waals surface area contributed by atoms with Crippen LogP contribution in [0.1, 0.15) is 37.8 Å². The summed E-state index contributed by atoms with van der Waals surface area (Å²) in [6, 6.07) is 7.87. The molecule has 3 aliphatic heterocycles. The Morgan fingerprint density at radius 2 is 2.13 bits per heavy atom. The Morgan fingerprint density at radius 1 is 1.39 bits per heavy atom. The zero-order valence-electron chi connectivity index (χ0n) is 17.5. The normalized spacial score (nSPS) is 27.3. The van der Waals surface area contributed by atoms with Crippen molar-refractivity contribution in [1.29, 1.82) is 5.26 Å². The van der Waals surface area contributed by atoms with Gasteiger partial charge in [0.1, 0.15) is 11.8 Å². The van der Waals surface area contributed by atoms with Gasteiger partial charge in [-0.3, -0.25) is 19.3 Å². The molecule has 0 unspecified atom stereocenters. The maximum Gasteiger partial charge on any atom is 0.298 e. The van der Waals surface area contributed by atoms with Crippen LogP contribution in [-0.2, 0) is 14.4 Å². The largest absolute Gasteiger partial charge is 0.429 e. The molecule has 0 spiro atoms. The number of nitriles is 1. The van der Waals surface area contributed by atoms with Crippen LogP contribution in [-0.4, -0.2) is 76.8 Å². The van der Waals surface area contributed by atoms with Gasteiger partial charge in [0, 0.05) is 25.7 Å². The summed E-state index contributed by atoms with van der Waals surface area (Å²) < 4.78 is 4.83. The molecule has 3 heterocycles. The zero-order valence-corrected chi connectivity index (χ0v) is 17.5. The van der Waals surface area contributed by atoms with Gasteiger partial charge < -0.3 is 20.3 Å². The average molecular weight is 425 g/mol. The van der Waals surface area contributed by atoms with E-state index in [2.05, 4.69) is 6.07 Å². The molecule has 0 saturated carbocycles. The molecule has 2 bridgehead atoms. The quantitative estimate of drug-likeness (QED) is 0.628. The molecule has 9 nitrogen and oxygen atoms in total. The first-order valence-electron chi connectivity index (χ1n) is 10.7. The number of carbonyl (C=O) groups is 3. The summed E-state index contributed by atoms with van der Waals surface area (Å²) in [5.41, 5.74) is 7.16. The van der Waals surface area contributed by atoms with Crippen molar-refractivity contribution in [1.82, 2.24) is 14.7 Å². The maximum absolute atomic E-state index is 13.1. The SMILES string of the molecule is C[C@@H](c1ccc(OC=O)cc1)N1C(=O)[C@@H]2C[C@H]1CN2C[C@H](N)C(=O)N1CCC[C@H]1C#N. The third-order valence-electron chi connectivity index (χ3n) is 6.71. The monoisotopic (exact) mass is 425 g/mol. The number of likely N-dealkylation sites (tertiary alicyclic amines) is 3. The van der Waals surface area contributed by atoms with E-state index in [1.54, 1.807) is 17.0 Å². The Bertz CT molecular complexity index is 898. The van der Waals surface area contributed by atoms with Crippen molar-refractivity contribution in [2.75, 3.05) is 19.6 Å². The zero-order chi connectivity index (χ0) is 22.1. The Kier molecular flexibility index (Phi) is 5.94. The van der Waals surface area contributed by atoms with E-state index in [0.717, 1.165) is 18.4 Å². The summed E-state index contributed by atoms with van der Waals surface area (Å²) >= 11 is 0. The number of benzene rings is 1. The lowest BCUT2D eigenvalue weighted by Crippen LogP contribution is -2.56. The van der Waals surface area contributed by atoms with Crippen LogP contribution in [0.4, 0.5) is 0 Å². The number of hydrogen-bond acceptors (Lipinski definition) is 7. The summed E-state index contributed by atoms with van der Waals surface area (Å²) in [4.78, 5) is 41.8. The molecule has 164 valence electrons. The number of amides is 2. The van der Waals surface area contributed by atoms with E-state index in [1.165, 1.54) is 0 Å². The first-order chi connectivity index (χ1) is 14.9. The van der Waals surface area contributed by atoms with Gasteiger partial charge in [-0.1, -0.05) is 12.1 Å². The standard InChI is InChI=1S/C22H27N5O4/c1-14(15-4-6-18(7-5-15)31-13-28)27-17-9-20(22(27)30)25(11-17)12-19(24)21(29)26-8-2-3-16(26)10-23/h4-7,13-14,16-17,19-20H,2-3,8-9,11-12,24H2,1H3/t14-,16-,17-,19-,20-/m0/s1. The van der Waals surface area contributed by atoms with Crippen molar-refractivity contribution in [3.8, 4) is 11.8 Å². The Hall–Kier alpha value is -2.96. The summed E-state index contributed by atoms with van der Waals surface area (Å²) in [5.74, 6) is 0.302. The number of hydrogen-bond donors (Lipinski definition) is 1. The number of nitrogens with two attached hydrogens (primary N) is 1. The van der Waals surface area contributed by atoms with Crippen LogP contribution in [0.2, 0.25) is 0 Å². The number of piperazine rings is 1. The summed E-state index contributed by atoms with van der Waals surface area (Å²) in [6.45, 7) is 3.94. The molecule has 3 fully saturated rings. The number of nitrogens with zero attached hydrogens (tertiary/aromatic N) is 4. The highest BCUT2D eigenvalue weighted by Gasteiger charge is 2.51. The molecule has 5 atom stereocenters. The van der Waals surface area contributed by atoms with E-state index in [1.807, 2.05) is 28.9 Å². The third-order valence-corrected chi connectivity index (χ3v) is 6.71. The molecule has 4 rings (SSSR count). The van der Waals surface area contributed by atoms with E-state index >= 15 is 0 Å². The second-order valence-corrected chi connectivity index (χ2v) is 8.49. The molecular weight excluding hydrogens is 398 g/mol. The minimum absolute atomic E-state index is 0.0488. The number of rotatable bonds is 7. The number of fused-ring (bicyclic) bond motifs is 2. The number of carbonyl (C=O) groups excluding carboxylic acids is 3. The highest BCUT2D eigenvalue weighted by atomic mass is 16.5. The summed E-state index contributed by atoms with van der Waals surface area (Å²) in [5, 5.41) is 9.22. The minimum atomic E-state index is -0.739. The molecule has 31 heavy (non-hydrogen) atoms. The van der Waals surface area contributed by atoms with E-state index < -0.39 is 12.1 Å². The van der Waals surface area contributed by atoms with Crippen molar-refractivity contribution in [2.24, 2.45) is 5.73 Å². The van der Waals surface area contributed by atoms with Crippen LogP contribution in [0.3, 0.4) is 0 Å². The molecular formula is C22H27N5O4. The van der Waals surface area contributed by atoms with Gasteiger partial charge in [0.05, 0.1) is 24.2 Å². The van der Waals surface area contributed by atoms with Gasteiger partial charge in [0.25, 0.3) is 6.47 Å². The molecule has 9 heteroatoms. The first-order valence-corrected chi connectivity index (χ1v) is 10.7. The molecule has 2 N–H and O–H groups in total. The fourth-order valence-corrected chi connectivity index (χ4v) is 5.15. The van der Waals surface area contributed by atoms with Crippen LogP contribution < -0.4 is 10.5 Å². The lowest BCUT2D eigenvalue weighted by molar-refractivity contribution is -0.141. The van der Waals surface area contributed by atoms with Crippen molar-refractivity contribution >= 4 is 18.3 Å². The molecule has 1 aromatic carbocycles. The van der Waals surface area contributed by atoms with Crippen LogP contribution in [0.25, 0.3) is 0 Å². The Labute approximate surface area is 181 Å². The van der Waals surface area contributed by atoms with Crippen LogP contribution >= 0.6 is 0 Å². The lowest BCUT2D eigenvalue weighted by atomic mass is 10.1. The minimum Gasteiger partial charge on any atom is -0.429 e. The second kappa shape index (κ2) is 8.65. The van der Waals surface area contributed by atoms with Crippen molar-refractivity contribution in [3.63, 3.8) is 0 Å². The third kappa shape index (κ3) is 3.89. The smallest absolute Gasteiger partial charge is 0.298 e. The highest BCUT2D eigenvalue weighted by molar-refractivity contribution is 5.87. The summed E-state index contributed by atoms with van der Waals surface area (Å²) in [7, 11) is 0. The predicted octanol–water partition coefficient (Wildman–Crippen LogP) is 0.410. The molecule has 3 aliphatic rings. The van der Waals surface area contributed by atoms with E-state index in [0.29, 0.717) is 38.3 Å². The van der Waals surface area contributed by atoms with Gasteiger partial charge >= 0.3 is 0 Å². The van der Waals surface area contributed by atoms with E-state index in [-0.39, 0.29) is 29.9 Å². The van der Waals surface area contributed by atoms with Gasteiger partial charge in [0.15, 0.2) is 0 Å². The first kappa shape index (κ1) is 21.3. The fraction of sp³-hybridized carbons (Fsp3) is 0.545. The van der Waals surface area contributed by atoms with Gasteiger partial charge in [-0.05, 0) is 43.9 Å². The Morgan fingerprint density at radius 3 is 2.77 bits per heavy atom. The molecule has 0 radical (unpaired) electrons. The van der Waals surface area contributed by atoms with Crippen LogP contribution in [0.5, 0.6) is 5.75 Å². The van der Waals surface area contributed by atoms with Crippen LogP contribution in [0, 0.1) is 11.3 Å². The van der Waals surface area contributed by atoms with E-state index in [4.69, 9.17) is 10.5 Å². The molecule has 0 aliphatic carbocycles. The lowest BCUT2D eigenvalue weighted by Gasteiger charge is -2.38. The summed E-state index contributed by atoms with van der Waals surface area (Å²) in [6.07, 6.45) is 2.23. The second-order valence-electron chi connectivity index (χ2n) is 8.49. The average Bonchev–Trinajstić information content (AvgIpc) is 3.48. The maximum atomic E-state index is 13.1. The molecule has 2 amide bonds. The van der Waals surface area contributed by atoms with Gasteiger partial charge in [0.2, 0.25) is 11.8 Å². The topological polar surface area (TPSA) is 120 Å². The van der Waals surface area contributed by atoms with Crippen LogP contribution in [0.15, 0.2) is 24.3 Å². The van der Waals surface area contributed by atoms with Crippen molar-refractivity contribution in [2.45, 2.75) is 56.4 Å². The molecule has 1 aromatic rings. The highest BCUT2D eigenvalue weighted by Crippen LogP contribution is 2.38. The molecule has 0 aromatic heterocycles. The van der Waals surface area contributed by atoms with Crippen molar-refractivity contribution in [3.05, 3.63) is 29.8 Å². The van der Waals surface area contributed by atoms with Crippen molar-refractivity contribution < 1.29 is 19.1 Å². The Balaban J connectivity index is 1.38. The molecule has 3 saturated heterocycles. The fourth-order valence-electron chi connectivity index (χ4n) is 5.15. The predicted molar refractivity (Wildman–Crippen MR) is 110 cm³/mol. The van der Waals surface area contributed by atoms with Gasteiger partial charge in [-0.15, -0.1) is 0 Å². The van der Waals surface area contributed by atoms with Gasteiger partial charge in [-0.2, -0.15) is 5.26 Å².